The van der Waals surface area contributed by atoms with E-state index < -0.39 is 35.7 Å². The summed E-state index contributed by atoms with van der Waals surface area (Å²) in [7, 11) is 0. The third-order valence-electron chi connectivity index (χ3n) is 3.44. The summed E-state index contributed by atoms with van der Waals surface area (Å²) in [4.78, 5) is 47.9. The molecule has 1 aromatic carbocycles. The van der Waals surface area contributed by atoms with Gasteiger partial charge in [-0.25, -0.2) is 4.79 Å². The number of carbonyl (C=O) groups excluding carboxylic acids is 4. The first kappa shape index (κ1) is 21.0. The molecule has 0 aliphatic carbocycles. The molecule has 1 aliphatic rings. The van der Waals surface area contributed by atoms with Crippen LogP contribution >= 0.6 is 27.7 Å². The molecule has 0 unspecified atom stereocenters. The van der Waals surface area contributed by atoms with Crippen LogP contribution in [0.2, 0.25) is 0 Å². The van der Waals surface area contributed by atoms with Gasteiger partial charge in [0.05, 0.1) is 22.0 Å². The number of aliphatic carboxylic acids is 1. The number of halogens is 1. The minimum Gasteiger partial charge on any atom is -0.546 e. The summed E-state index contributed by atoms with van der Waals surface area (Å²) < 4.78 is 10.4. The van der Waals surface area contributed by atoms with Crippen molar-refractivity contribution < 1.29 is 33.8 Å². The molecule has 27 heavy (non-hydrogen) atoms. The van der Waals surface area contributed by atoms with Crippen molar-refractivity contribution in [3.05, 3.63) is 33.1 Å². The van der Waals surface area contributed by atoms with Crippen molar-refractivity contribution in [2.75, 3.05) is 13.2 Å². The number of ether oxygens (including phenoxy) is 2. The largest absolute Gasteiger partial charge is 0.546 e. The van der Waals surface area contributed by atoms with Crippen LogP contribution in [0.5, 0.6) is 5.75 Å². The zero-order valence-electron chi connectivity index (χ0n) is 14.4. The average Bonchev–Trinajstić information content (AvgIpc) is 2.87. The fourth-order valence-electron chi connectivity index (χ4n) is 2.19. The van der Waals surface area contributed by atoms with E-state index in [1.807, 2.05) is 0 Å². The van der Waals surface area contributed by atoms with E-state index in [9.17, 15) is 24.3 Å². The molecule has 0 saturated carbocycles. The molecule has 1 saturated heterocycles. The number of hydrogen-bond acceptors (Lipinski definition) is 8. The molecule has 0 radical (unpaired) electrons. The first-order valence-corrected chi connectivity index (χ1v) is 9.41. The van der Waals surface area contributed by atoms with Gasteiger partial charge in [-0.1, -0.05) is 6.07 Å². The minimum atomic E-state index is -1.35. The number of carbonyl (C=O) groups is 4. The number of esters is 1. The van der Waals surface area contributed by atoms with E-state index in [4.69, 9.17) is 9.47 Å². The lowest BCUT2D eigenvalue weighted by molar-refractivity contribution is -0.307. The van der Waals surface area contributed by atoms with Gasteiger partial charge in [-0.3, -0.25) is 14.5 Å². The molecule has 1 aromatic rings. The van der Waals surface area contributed by atoms with E-state index in [1.54, 1.807) is 19.1 Å². The summed E-state index contributed by atoms with van der Waals surface area (Å²) >= 11 is 3.97. The molecule has 0 aromatic heterocycles. The number of hydrogen-bond donors (Lipinski definition) is 0. The number of thioether (sulfide) groups is 1. The van der Waals surface area contributed by atoms with Crippen molar-refractivity contribution in [2.45, 2.75) is 19.9 Å². The average molecular weight is 457 g/mol. The summed E-state index contributed by atoms with van der Waals surface area (Å²) in [6.07, 6.45) is 1.50. The van der Waals surface area contributed by atoms with Gasteiger partial charge >= 0.3 is 5.97 Å². The van der Waals surface area contributed by atoms with Crippen molar-refractivity contribution >= 4 is 56.9 Å². The molecule has 0 bridgehead atoms. The van der Waals surface area contributed by atoms with E-state index in [0.717, 1.165) is 16.7 Å². The number of imide groups is 1. The molecular weight excluding hydrogens is 442 g/mol. The normalized spacial score (nSPS) is 16.6. The Morgan fingerprint density at radius 2 is 2.07 bits per heavy atom. The number of carboxylic acid groups (broad SMARTS) is 1. The highest BCUT2D eigenvalue weighted by Gasteiger charge is 2.41. The number of rotatable bonds is 7. The van der Waals surface area contributed by atoms with Crippen LogP contribution < -0.4 is 9.84 Å². The van der Waals surface area contributed by atoms with E-state index in [2.05, 4.69) is 15.9 Å². The lowest BCUT2D eigenvalue weighted by Crippen LogP contribution is -2.42. The Morgan fingerprint density at radius 3 is 2.67 bits per heavy atom. The van der Waals surface area contributed by atoms with Crippen LogP contribution in [0.25, 0.3) is 6.08 Å². The molecule has 8 nitrogen and oxygen atoms in total. The molecule has 1 heterocycles. The fourth-order valence-corrected chi connectivity index (χ4v) is 3.61. The summed E-state index contributed by atoms with van der Waals surface area (Å²) in [5.41, 5.74) is 0.581. The molecule has 144 valence electrons. The number of amides is 2. The monoisotopic (exact) mass is 456 g/mol. The maximum Gasteiger partial charge on any atom is 0.329 e. The second kappa shape index (κ2) is 9.05. The summed E-state index contributed by atoms with van der Waals surface area (Å²) in [5, 5.41) is 9.90. The van der Waals surface area contributed by atoms with Gasteiger partial charge < -0.3 is 19.4 Å². The third-order valence-corrected chi connectivity index (χ3v) is 4.94. The highest BCUT2D eigenvalue weighted by Crippen LogP contribution is 2.35. The molecule has 0 N–H and O–H groups in total. The predicted octanol–water partition coefficient (Wildman–Crippen LogP) is 1.57. The predicted molar refractivity (Wildman–Crippen MR) is 98.5 cm³/mol. The Kier molecular flexibility index (Phi) is 7.03. The zero-order chi connectivity index (χ0) is 20.1. The fraction of sp³-hybridized carbons (Fsp3) is 0.294. The Balaban J connectivity index is 2.18. The Morgan fingerprint density at radius 1 is 1.37 bits per heavy atom. The van der Waals surface area contributed by atoms with Crippen LogP contribution in [0.1, 0.15) is 19.4 Å². The van der Waals surface area contributed by atoms with Crippen LogP contribution in [0, 0.1) is 0 Å². The molecule has 1 atom stereocenters. The maximum atomic E-state index is 12.5. The first-order valence-electron chi connectivity index (χ1n) is 7.80. The van der Waals surface area contributed by atoms with E-state index in [-0.39, 0.29) is 11.5 Å². The molecular formula is C17H15BrNO7S-. The SMILES string of the molecule is CCOC(=O)[C@H](C)N1C(=O)S/C(=C/c2ccc(OCC(=O)[O-])c(Br)c2)C1=O. The standard InChI is InChI=1S/C17H16BrNO7S/c1-3-25-16(23)9(2)19-15(22)13(27-17(19)24)7-10-4-5-12(11(18)6-10)26-8-14(20)21/h4-7,9H,3,8H2,1-2H3,(H,20,21)/p-1/b13-7+/t9-/m0/s1. The highest BCUT2D eigenvalue weighted by molar-refractivity contribution is 9.10. The number of carboxylic acids is 1. The third kappa shape index (κ3) is 5.10. The van der Waals surface area contributed by atoms with Crippen molar-refractivity contribution in [3.8, 4) is 5.75 Å². The molecule has 2 amide bonds. The van der Waals surface area contributed by atoms with E-state index in [0.29, 0.717) is 15.8 Å². The van der Waals surface area contributed by atoms with Crippen LogP contribution in [0.4, 0.5) is 4.79 Å². The van der Waals surface area contributed by atoms with Gasteiger partial charge in [0.1, 0.15) is 18.4 Å². The molecule has 1 aliphatic heterocycles. The number of benzene rings is 1. The summed E-state index contributed by atoms with van der Waals surface area (Å²) in [6, 6.07) is 3.70. The van der Waals surface area contributed by atoms with Crippen molar-refractivity contribution in [1.82, 2.24) is 4.90 Å². The topological polar surface area (TPSA) is 113 Å². The zero-order valence-corrected chi connectivity index (χ0v) is 16.8. The molecule has 1 fully saturated rings. The van der Waals surface area contributed by atoms with Gasteiger partial charge in [-0.05, 0) is 65.3 Å². The second-order valence-corrected chi connectivity index (χ2v) is 7.18. The van der Waals surface area contributed by atoms with Crippen LogP contribution in [0.3, 0.4) is 0 Å². The molecule has 2 rings (SSSR count). The lowest BCUT2D eigenvalue weighted by Gasteiger charge is -2.19. The molecule has 10 heteroatoms. The van der Waals surface area contributed by atoms with Gasteiger partial charge in [-0.2, -0.15) is 0 Å². The smallest absolute Gasteiger partial charge is 0.329 e. The van der Waals surface area contributed by atoms with Crippen LogP contribution in [0.15, 0.2) is 27.6 Å². The van der Waals surface area contributed by atoms with Crippen LogP contribution in [-0.2, 0) is 19.1 Å². The highest BCUT2D eigenvalue weighted by atomic mass is 79.9. The van der Waals surface area contributed by atoms with Gasteiger partial charge in [0.15, 0.2) is 0 Å². The quantitative estimate of drug-likeness (QED) is 0.448. The van der Waals surface area contributed by atoms with Gasteiger partial charge in [0.25, 0.3) is 11.1 Å². The van der Waals surface area contributed by atoms with Gasteiger partial charge in [0.2, 0.25) is 0 Å². The second-order valence-electron chi connectivity index (χ2n) is 5.33. The van der Waals surface area contributed by atoms with Crippen molar-refractivity contribution in [2.24, 2.45) is 0 Å². The molecule has 0 spiro atoms. The minimum absolute atomic E-state index is 0.148. The van der Waals surface area contributed by atoms with E-state index in [1.165, 1.54) is 19.1 Å². The van der Waals surface area contributed by atoms with Crippen molar-refractivity contribution in [3.63, 3.8) is 0 Å². The van der Waals surface area contributed by atoms with E-state index >= 15 is 0 Å². The Hall–Kier alpha value is -2.33. The summed E-state index contributed by atoms with van der Waals surface area (Å²) in [5.74, 6) is -2.30. The Bertz CT molecular complexity index is 823. The first-order chi connectivity index (χ1) is 12.7. The number of nitrogens with zero attached hydrogens (tertiary/aromatic N) is 1. The summed E-state index contributed by atoms with van der Waals surface area (Å²) in [6.45, 7) is 2.62. The van der Waals surface area contributed by atoms with Crippen molar-refractivity contribution in [1.29, 1.82) is 0 Å². The van der Waals surface area contributed by atoms with Gasteiger partial charge in [0, 0.05) is 0 Å². The van der Waals surface area contributed by atoms with Gasteiger partial charge in [-0.15, -0.1) is 0 Å². The Labute approximate surface area is 167 Å². The lowest BCUT2D eigenvalue weighted by atomic mass is 10.2. The van der Waals surface area contributed by atoms with Crippen LogP contribution in [-0.4, -0.2) is 47.2 Å². The maximum absolute atomic E-state index is 12.5.